The van der Waals surface area contributed by atoms with Crippen molar-refractivity contribution >= 4 is 11.7 Å². The van der Waals surface area contributed by atoms with Gasteiger partial charge >= 0.3 is 0 Å². The van der Waals surface area contributed by atoms with E-state index >= 15 is 0 Å². The van der Waals surface area contributed by atoms with E-state index in [1.165, 1.54) is 12.2 Å². The third kappa shape index (κ3) is 3.70. The first kappa shape index (κ1) is 17.1. The standard InChI is InChI=1S/C19H20N2O4/c1-12(19(23)24)20-10-13(22)11-25-21-18-16-8-4-2-6-14(16)15-7-3-5-9-17(15)18/h2-9,12-13,20,22H,10-11H2,1H3,(H,23,24)/t12-,13+/m0/s1. The predicted molar refractivity (Wildman–Crippen MR) is 90.7 cm³/mol. The Balaban J connectivity index is 1.67. The van der Waals surface area contributed by atoms with Crippen LogP contribution in [0.1, 0.15) is 18.1 Å². The van der Waals surface area contributed by atoms with Crippen LogP contribution in [0.5, 0.6) is 0 Å². The van der Waals surface area contributed by atoms with Crippen molar-refractivity contribution in [3.8, 4) is 11.1 Å². The van der Waals surface area contributed by atoms with Gasteiger partial charge in [-0.05, 0) is 18.1 Å². The highest BCUT2D eigenvalue weighted by atomic mass is 16.6. The second-order valence-electron chi connectivity index (χ2n) is 6.06. The third-order valence-corrected chi connectivity index (χ3v) is 4.21. The minimum Gasteiger partial charge on any atom is -0.544 e. The first-order chi connectivity index (χ1) is 12.1. The van der Waals surface area contributed by atoms with Gasteiger partial charge in [0.25, 0.3) is 0 Å². The lowest BCUT2D eigenvalue weighted by Gasteiger charge is -2.14. The van der Waals surface area contributed by atoms with E-state index in [0.29, 0.717) is 0 Å². The molecule has 0 amide bonds. The molecule has 2 aromatic rings. The van der Waals surface area contributed by atoms with Crippen molar-refractivity contribution in [3.05, 3.63) is 59.7 Å². The Kier molecular flexibility index (Phi) is 5.11. The fourth-order valence-electron chi connectivity index (χ4n) is 2.81. The highest BCUT2D eigenvalue weighted by Crippen LogP contribution is 2.36. The molecule has 0 bridgehead atoms. The number of oxime groups is 1. The number of hydrogen-bond acceptors (Lipinski definition) is 5. The largest absolute Gasteiger partial charge is 0.544 e. The second-order valence-corrected chi connectivity index (χ2v) is 6.06. The van der Waals surface area contributed by atoms with Crippen molar-refractivity contribution in [3.63, 3.8) is 0 Å². The number of hydrogen-bond donors (Lipinski definition) is 2. The van der Waals surface area contributed by atoms with E-state index in [0.717, 1.165) is 28.0 Å². The van der Waals surface area contributed by atoms with Gasteiger partial charge in [-0.2, -0.15) is 0 Å². The molecule has 0 saturated carbocycles. The van der Waals surface area contributed by atoms with Crippen molar-refractivity contribution in [2.75, 3.05) is 13.2 Å². The molecule has 0 aliphatic heterocycles. The monoisotopic (exact) mass is 340 g/mol. The van der Waals surface area contributed by atoms with Crippen LogP contribution in [0, 0.1) is 0 Å². The summed E-state index contributed by atoms with van der Waals surface area (Å²) in [4.78, 5) is 16.0. The Labute approximate surface area is 145 Å². The molecule has 3 rings (SSSR count). The smallest absolute Gasteiger partial charge is 0.148 e. The molecule has 0 fully saturated rings. The van der Waals surface area contributed by atoms with Gasteiger partial charge in [-0.25, -0.2) is 0 Å². The SMILES string of the molecule is C[C@H]([NH2+]C[C@@H](O)CON=C1c2ccccc2-c2ccccc21)C(=O)[O-]. The Morgan fingerprint density at radius 3 is 2.16 bits per heavy atom. The number of aliphatic hydroxyl groups excluding tert-OH is 1. The van der Waals surface area contributed by atoms with Crippen LogP contribution in [0.4, 0.5) is 0 Å². The summed E-state index contributed by atoms with van der Waals surface area (Å²) in [6, 6.07) is 15.2. The van der Waals surface area contributed by atoms with Crippen LogP contribution in [0.25, 0.3) is 11.1 Å². The summed E-state index contributed by atoms with van der Waals surface area (Å²) >= 11 is 0. The van der Waals surface area contributed by atoms with Gasteiger partial charge in [0.1, 0.15) is 31.0 Å². The van der Waals surface area contributed by atoms with Crippen molar-refractivity contribution in [1.29, 1.82) is 0 Å². The van der Waals surface area contributed by atoms with Crippen molar-refractivity contribution < 1.29 is 25.2 Å². The molecule has 0 spiro atoms. The zero-order chi connectivity index (χ0) is 17.8. The fourth-order valence-corrected chi connectivity index (χ4v) is 2.81. The number of rotatable bonds is 7. The van der Waals surface area contributed by atoms with E-state index < -0.39 is 18.1 Å². The summed E-state index contributed by atoms with van der Waals surface area (Å²) in [6.07, 6.45) is -0.821. The van der Waals surface area contributed by atoms with Gasteiger partial charge in [-0.15, -0.1) is 0 Å². The molecule has 1 aliphatic carbocycles. The van der Waals surface area contributed by atoms with Crippen LogP contribution in [-0.2, 0) is 9.63 Å². The molecule has 2 aromatic carbocycles. The summed E-state index contributed by atoms with van der Waals surface area (Å²) < 4.78 is 0. The third-order valence-electron chi connectivity index (χ3n) is 4.21. The molecule has 0 saturated heterocycles. The number of quaternary nitrogens is 1. The second kappa shape index (κ2) is 7.46. The van der Waals surface area contributed by atoms with Crippen LogP contribution in [0.2, 0.25) is 0 Å². The lowest BCUT2D eigenvalue weighted by molar-refractivity contribution is -0.686. The van der Waals surface area contributed by atoms with Crippen molar-refractivity contribution in [2.45, 2.75) is 19.1 Å². The maximum atomic E-state index is 10.7. The molecule has 0 aromatic heterocycles. The molecule has 130 valence electrons. The number of fused-ring (bicyclic) bond motifs is 3. The van der Waals surface area contributed by atoms with Gasteiger partial charge < -0.3 is 25.2 Å². The average Bonchev–Trinajstić information content (AvgIpc) is 2.94. The number of carboxylic acids is 1. The first-order valence-electron chi connectivity index (χ1n) is 8.19. The lowest BCUT2D eigenvalue weighted by atomic mass is 10.1. The summed E-state index contributed by atoms with van der Waals surface area (Å²) in [7, 11) is 0. The fraction of sp³-hybridized carbons (Fsp3) is 0.263. The van der Waals surface area contributed by atoms with Crippen LogP contribution < -0.4 is 10.4 Å². The number of carbonyl (C=O) groups is 1. The summed E-state index contributed by atoms with van der Waals surface area (Å²) in [5, 5.41) is 26.3. The predicted octanol–water partition coefficient (Wildman–Crippen LogP) is -0.501. The zero-order valence-electron chi connectivity index (χ0n) is 13.9. The molecule has 0 heterocycles. The number of nitrogens with zero attached hydrogens (tertiary/aromatic N) is 1. The number of aliphatic hydroxyl groups is 1. The number of benzene rings is 2. The maximum absolute atomic E-state index is 10.7. The average molecular weight is 340 g/mol. The molecule has 6 heteroatoms. The van der Waals surface area contributed by atoms with Gasteiger partial charge in [0.2, 0.25) is 0 Å². The highest BCUT2D eigenvalue weighted by molar-refractivity contribution is 6.24. The zero-order valence-corrected chi connectivity index (χ0v) is 13.9. The number of carbonyl (C=O) groups excluding carboxylic acids is 1. The molecule has 0 radical (unpaired) electrons. The molecule has 1 aliphatic rings. The van der Waals surface area contributed by atoms with Gasteiger partial charge in [0.05, 0.1) is 5.97 Å². The highest BCUT2D eigenvalue weighted by Gasteiger charge is 2.24. The van der Waals surface area contributed by atoms with Crippen LogP contribution in [-0.4, -0.2) is 42.1 Å². The van der Waals surface area contributed by atoms with Crippen LogP contribution in [0.15, 0.2) is 53.7 Å². The number of aliphatic carboxylic acids is 1. The first-order valence-corrected chi connectivity index (χ1v) is 8.19. The number of nitrogens with two attached hydrogens (primary N) is 1. The Bertz CT molecular complexity index is 756. The summed E-state index contributed by atoms with van der Waals surface area (Å²) in [5.41, 5.74) is 4.95. The van der Waals surface area contributed by atoms with E-state index in [-0.39, 0.29) is 13.2 Å². The topological polar surface area (TPSA) is 98.6 Å². The van der Waals surface area contributed by atoms with Gasteiger partial charge in [0, 0.05) is 11.1 Å². The molecule has 2 atom stereocenters. The normalized spacial score (nSPS) is 14.4. The summed E-state index contributed by atoms with van der Waals surface area (Å²) in [6.45, 7) is 1.70. The Morgan fingerprint density at radius 1 is 1.12 bits per heavy atom. The molecule has 0 unspecified atom stereocenters. The lowest BCUT2D eigenvalue weighted by Crippen LogP contribution is -2.94. The van der Waals surface area contributed by atoms with Crippen molar-refractivity contribution in [1.82, 2.24) is 0 Å². The maximum Gasteiger partial charge on any atom is 0.148 e. The van der Waals surface area contributed by atoms with E-state index in [9.17, 15) is 15.0 Å². The van der Waals surface area contributed by atoms with Crippen LogP contribution >= 0.6 is 0 Å². The summed E-state index contributed by atoms with van der Waals surface area (Å²) in [5.74, 6) is -1.16. The minimum absolute atomic E-state index is 0.00982. The van der Waals surface area contributed by atoms with Gasteiger partial charge in [-0.3, -0.25) is 0 Å². The molecule has 25 heavy (non-hydrogen) atoms. The Morgan fingerprint density at radius 2 is 1.64 bits per heavy atom. The number of carboxylic acid groups (broad SMARTS) is 1. The molecule has 6 nitrogen and oxygen atoms in total. The molecular weight excluding hydrogens is 320 g/mol. The van der Waals surface area contributed by atoms with Crippen LogP contribution in [0.3, 0.4) is 0 Å². The van der Waals surface area contributed by atoms with E-state index in [1.54, 1.807) is 0 Å². The molecular formula is C19H20N2O4. The van der Waals surface area contributed by atoms with Gasteiger partial charge in [-0.1, -0.05) is 53.7 Å². The van der Waals surface area contributed by atoms with Crippen molar-refractivity contribution in [2.24, 2.45) is 5.16 Å². The van der Waals surface area contributed by atoms with E-state index in [2.05, 4.69) is 5.16 Å². The van der Waals surface area contributed by atoms with E-state index in [4.69, 9.17) is 4.84 Å². The Hall–Kier alpha value is -2.70. The molecule has 3 N–H and O–H groups in total. The van der Waals surface area contributed by atoms with E-state index in [1.807, 2.05) is 48.5 Å². The quantitative estimate of drug-likeness (QED) is 0.567. The minimum atomic E-state index is -1.16. The van der Waals surface area contributed by atoms with Gasteiger partial charge in [0.15, 0.2) is 0 Å².